The summed E-state index contributed by atoms with van der Waals surface area (Å²) < 4.78 is 135. The maximum atomic E-state index is 13.4. The van der Waals surface area contributed by atoms with E-state index < -0.39 is 59.6 Å². The number of aliphatic carboxylic acids is 1. The molecule has 0 bridgehead atoms. The van der Waals surface area contributed by atoms with Crippen LogP contribution in [0.1, 0.15) is 6.42 Å². The van der Waals surface area contributed by atoms with Gasteiger partial charge in [-0.05, 0) is 0 Å². The van der Waals surface area contributed by atoms with Crippen LogP contribution >= 0.6 is 0 Å². The summed E-state index contributed by atoms with van der Waals surface area (Å²) in [6, 6.07) is 0. The van der Waals surface area contributed by atoms with Crippen LogP contribution in [0.2, 0.25) is 0 Å². The third-order valence-corrected chi connectivity index (χ3v) is 3.16. The minimum Gasteiger partial charge on any atom is -0.550 e. The molecule has 4 nitrogen and oxygen atoms in total. The SMILES string of the molecule is C=C(CC(=O)[O-])C(=O)OC1C(F)(F)C(F)(F)C(F)(F)C(F)(F)C1(F)F. The molecular formula is C11H5F10O4-. The number of rotatable bonds is 4. The topological polar surface area (TPSA) is 66.4 Å². The lowest BCUT2D eigenvalue weighted by atomic mass is 9.80. The van der Waals surface area contributed by atoms with Crippen molar-refractivity contribution < 1.29 is 63.3 Å². The molecule has 0 atom stereocenters. The standard InChI is InChI=1S/C11H6F10O4/c1-3(2-4(22)23)5(24)25-6-7(12,13)9(16,17)11(20,21)10(18,19)8(6,14)15/h6H,1-2H2,(H,22,23)/p-1. The number of carboxylic acids is 1. The van der Waals surface area contributed by atoms with Gasteiger partial charge in [-0.1, -0.05) is 6.58 Å². The predicted octanol–water partition coefficient (Wildman–Crippen LogP) is 1.78. The Kier molecular flexibility index (Phi) is 4.62. The summed E-state index contributed by atoms with van der Waals surface area (Å²) in [5.41, 5.74) is -1.42. The highest BCUT2D eigenvalue weighted by molar-refractivity contribution is 5.92. The molecule has 0 N–H and O–H groups in total. The minimum absolute atomic E-state index is 1.42. The molecule has 1 aliphatic carbocycles. The van der Waals surface area contributed by atoms with Crippen LogP contribution in [0.3, 0.4) is 0 Å². The van der Waals surface area contributed by atoms with Gasteiger partial charge in [0.15, 0.2) is 0 Å². The van der Waals surface area contributed by atoms with Gasteiger partial charge in [0.1, 0.15) is 0 Å². The number of carboxylic acid groups (broad SMARTS) is 1. The first-order valence-corrected chi connectivity index (χ1v) is 5.83. The lowest BCUT2D eigenvalue weighted by molar-refractivity contribution is -0.468. The Bertz CT molecular complexity index is 582. The van der Waals surface area contributed by atoms with Crippen molar-refractivity contribution in [3.8, 4) is 0 Å². The van der Waals surface area contributed by atoms with E-state index in [9.17, 15) is 58.6 Å². The molecule has 0 aromatic carbocycles. The molecule has 0 aromatic rings. The van der Waals surface area contributed by atoms with Gasteiger partial charge in [0.2, 0.25) is 6.10 Å². The Labute approximate surface area is 131 Å². The van der Waals surface area contributed by atoms with Crippen LogP contribution in [0.4, 0.5) is 43.9 Å². The fraction of sp³-hybridized carbons (Fsp3) is 0.636. The second-order valence-corrected chi connectivity index (χ2v) is 4.91. The molecule has 1 fully saturated rings. The van der Waals surface area contributed by atoms with Crippen LogP contribution in [0, 0.1) is 0 Å². The predicted molar refractivity (Wildman–Crippen MR) is 53.4 cm³/mol. The first-order valence-electron chi connectivity index (χ1n) is 5.83. The van der Waals surface area contributed by atoms with E-state index >= 15 is 0 Å². The maximum Gasteiger partial charge on any atom is 0.384 e. The van der Waals surface area contributed by atoms with E-state index in [1.165, 1.54) is 0 Å². The number of alkyl halides is 10. The van der Waals surface area contributed by atoms with E-state index in [0.29, 0.717) is 0 Å². The summed E-state index contributed by atoms with van der Waals surface area (Å²) in [5.74, 6) is -39.2. The van der Waals surface area contributed by atoms with Crippen LogP contribution in [-0.4, -0.2) is 47.7 Å². The van der Waals surface area contributed by atoms with E-state index in [1.807, 2.05) is 0 Å². The smallest absolute Gasteiger partial charge is 0.384 e. The fourth-order valence-corrected chi connectivity index (χ4v) is 1.76. The van der Waals surface area contributed by atoms with Crippen molar-refractivity contribution in [3.05, 3.63) is 12.2 Å². The van der Waals surface area contributed by atoms with Crippen molar-refractivity contribution in [1.82, 2.24) is 0 Å². The van der Waals surface area contributed by atoms with Crippen LogP contribution in [0.15, 0.2) is 12.2 Å². The minimum atomic E-state index is -7.20. The molecule has 0 saturated heterocycles. The molecule has 0 aliphatic heterocycles. The second-order valence-electron chi connectivity index (χ2n) is 4.91. The molecule has 0 radical (unpaired) electrons. The number of carbonyl (C=O) groups is 2. The number of halogens is 10. The van der Waals surface area contributed by atoms with Gasteiger partial charge in [-0.2, -0.15) is 43.9 Å². The zero-order valence-electron chi connectivity index (χ0n) is 11.4. The van der Waals surface area contributed by atoms with Gasteiger partial charge in [-0.3, -0.25) is 0 Å². The fourth-order valence-electron chi connectivity index (χ4n) is 1.76. The maximum absolute atomic E-state index is 13.4. The van der Waals surface area contributed by atoms with Gasteiger partial charge in [-0.15, -0.1) is 0 Å². The molecule has 0 amide bonds. The Hall–Kier alpha value is -2.02. The first kappa shape index (κ1) is 21.0. The molecule has 14 heteroatoms. The van der Waals surface area contributed by atoms with E-state index in [0.717, 1.165) is 0 Å². The van der Waals surface area contributed by atoms with Crippen LogP contribution < -0.4 is 5.11 Å². The van der Waals surface area contributed by atoms with Crippen LogP contribution in [0.5, 0.6) is 0 Å². The third kappa shape index (κ3) is 2.61. The van der Waals surface area contributed by atoms with Gasteiger partial charge >= 0.3 is 35.6 Å². The number of hydrogen-bond donors (Lipinski definition) is 0. The normalized spacial score (nSPS) is 25.8. The first-order chi connectivity index (χ1) is 10.9. The number of carbonyl (C=O) groups excluding carboxylic acids is 2. The zero-order chi connectivity index (χ0) is 20.2. The zero-order valence-corrected chi connectivity index (χ0v) is 11.4. The van der Waals surface area contributed by atoms with Gasteiger partial charge in [0.05, 0.1) is 0 Å². The van der Waals surface area contributed by atoms with E-state index in [-0.39, 0.29) is 0 Å². The highest BCUT2D eigenvalue weighted by Gasteiger charge is 2.96. The van der Waals surface area contributed by atoms with Crippen LogP contribution in [0.25, 0.3) is 0 Å². The lowest BCUT2D eigenvalue weighted by Gasteiger charge is -2.48. The molecule has 0 heterocycles. The molecule has 0 aromatic heterocycles. The summed E-state index contributed by atoms with van der Waals surface area (Å²) in [4.78, 5) is 21.3. The molecular weight excluding hydrogens is 386 g/mol. The summed E-state index contributed by atoms with van der Waals surface area (Å²) >= 11 is 0. The van der Waals surface area contributed by atoms with Crippen molar-refractivity contribution in [1.29, 1.82) is 0 Å². The van der Waals surface area contributed by atoms with Gasteiger partial charge < -0.3 is 14.6 Å². The molecule has 1 saturated carbocycles. The number of esters is 1. The Morgan fingerprint density at radius 3 is 1.52 bits per heavy atom. The van der Waals surface area contributed by atoms with Crippen LogP contribution in [-0.2, 0) is 14.3 Å². The monoisotopic (exact) mass is 391 g/mol. The number of hydrogen-bond acceptors (Lipinski definition) is 4. The Morgan fingerprint density at radius 2 is 1.20 bits per heavy atom. The lowest BCUT2D eigenvalue weighted by Crippen LogP contribution is -2.80. The van der Waals surface area contributed by atoms with Crippen molar-refractivity contribution >= 4 is 11.9 Å². The van der Waals surface area contributed by atoms with Gasteiger partial charge in [-0.25, -0.2) is 4.79 Å². The van der Waals surface area contributed by atoms with Crippen molar-refractivity contribution in [2.45, 2.75) is 42.1 Å². The third-order valence-electron chi connectivity index (χ3n) is 3.16. The summed E-state index contributed by atoms with van der Waals surface area (Å²) in [6.07, 6.45) is -6.55. The largest absolute Gasteiger partial charge is 0.550 e. The summed E-state index contributed by atoms with van der Waals surface area (Å²) in [5, 5.41) is 10.1. The number of ether oxygens (including phenoxy) is 1. The van der Waals surface area contributed by atoms with E-state index in [4.69, 9.17) is 0 Å². The summed E-state index contributed by atoms with van der Waals surface area (Å²) in [7, 11) is 0. The molecule has 1 aliphatic rings. The molecule has 1 rings (SSSR count). The van der Waals surface area contributed by atoms with E-state index in [1.54, 1.807) is 0 Å². The Morgan fingerprint density at radius 1 is 0.840 bits per heavy atom. The van der Waals surface area contributed by atoms with Gasteiger partial charge in [0.25, 0.3) is 0 Å². The molecule has 25 heavy (non-hydrogen) atoms. The van der Waals surface area contributed by atoms with Crippen molar-refractivity contribution in [2.75, 3.05) is 0 Å². The van der Waals surface area contributed by atoms with E-state index in [2.05, 4.69) is 11.3 Å². The summed E-state index contributed by atoms with van der Waals surface area (Å²) in [6.45, 7) is 2.55. The molecule has 0 spiro atoms. The second kappa shape index (κ2) is 5.49. The van der Waals surface area contributed by atoms with Crippen molar-refractivity contribution in [3.63, 3.8) is 0 Å². The highest BCUT2D eigenvalue weighted by atomic mass is 19.4. The highest BCUT2D eigenvalue weighted by Crippen LogP contribution is 2.65. The van der Waals surface area contributed by atoms with Crippen molar-refractivity contribution in [2.24, 2.45) is 0 Å². The van der Waals surface area contributed by atoms with Gasteiger partial charge in [0, 0.05) is 18.0 Å². The average molecular weight is 391 g/mol. The Balaban J connectivity index is 3.41. The quantitative estimate of drug-likeness (QED) is 0.417. The molecule has 0 unspecified atom stereocenters. The molecule has 144 valence electrons. The average Bonchev–Trinajstić information content (AvgIpc) is 2.41.